The Kier molecular flexibility index (Phi) is 7.49. The van der Waals surface area contributed by atoms with Crippen molar-refractivity contribution in [1.29, 1.82) is 0 Å². The maximum atomic E-state index is 12.5. The van der Waals surface area contributed by atoms with Crippen molar-refractivity contribution in [3.8, 4) is 17.2 Å². The van der Waals surface area contributed by atoms with E-state index >= 15 is 0 Å². The molecule has 2 aromatic heterocycles. The van der Waals surface area contributed by atoms with Crippen LogP contribution in [0.5, 0.6) is 11.5 Å². The van der Waals surface area contributed by atoms with Gasteiger partial charge in [-0.2, -0.15) is 0 Å². The van der Waals surface area contributed by atoms with Gasteiger partial charge in [0.2, 0.25) is 5.91 Å². The Morgan fingerprint density at radius 3 is 2.59 bits per heavy atom. The van der Waals surface area contributed by atoms with Gasteiger partial charge in [-0.25, -0.2) is 4.98 Å². The predicted octanol–water partition coefficient (Wildman–Crippen LogP) is 5.22. The van der Waals surface area contributed by atoms with Gasteiger partial charge in [0.05, 0.1) is 18.6 Å². The maximum Gasteiger partial charge on any atom is 0.236 e. The number of methoxy groups -OCH3 is 1. The average molecular weight is 496 g/mol. The minimum Gasteiger partial charge on any atom is -0.497 e. The molecule has 0 aliphatic heterocycles. The summed E-state index contributed by atoms with van der Waals surface area (Å²) < 4.78 is 13.3. The van der Waals surface area contributed by atoms with Crippen molar-refractivity contribution >= 4 is 34.1 Å². The van der Waals surface area contributed by atoms with Crippen LogP contribution in [0.3, 0.4) is 0 Å². The van der Waals surface area contributed by atoms with E-state index in [9.17, 15) is 4.79 Å². The largest absolute Gasteiger partial charge is 0.497 e. The third-order valence-corrected chi connectivity index (χ3v) is 6.91. The quantitative estimate of drug-likeness (QED) is 0.318. The van der Waals surface area contributed by atoms with E-state index in [0.29, 0.717) is 27.6 Å². The molecule has 34 heavy (non-hydrogen) atoms. The molecular weight excluding hydrogens is 470 g/mol. The molecule has 4 rings (SSSR count). The number of hydrogen-bond donors (Lipinski definition) is 1. The number of carbonyl (C=O) groups is 1. The third-order valence-electron chi connectivity index (χ3n) is 5.00. The Bertz CT molecular complexity index is 1250. The van der Waals surface area contributed by atoms with E-state index in [1.54, 1.807) is 7.11 Å². The smallest absolute Gasteiger partial charge is 0.236 e. The van der Waals surface area contributed by atoms with Crippen molar-refractivity contribution in [3.63, 3.8) is 0 Å². The van der Waals surface area contributed by atoms with Crippen molar-refractivity contribution in [1.82, 2.24) is 19.7 Å². The van der Waals surface area contributed by atoms with Gasteiger partial charge in [0, 0.05) is 16.6 Å². The lowest BCUT2D eigenvalue weighted by atomic mass is 10.3. The summed E-state index contributed by atoms with van der Waals surface area (Å²) in [6.45, 7) is 5.82. The second-order valence-electron chi connectivity index (χ2n) is 7.45. The molecule has 1 N–H and O–H groups in total. The molecule has 2 heterocycles. The average Bonchev–Trinajstić information content (AvgIpc) is 3.40. The van der Waals surface area contributed by atoms with Gasteiger partial charge in [-0.1, -0.05) is 36.0 Å². The van der Waals surface area contributed by atoms with Crippen LogP contribution in [-0.2, 0) is 4.79 Å². The number of para-hydroxylation sites is 1. The molecule has 0 saturated heterocycles. The number of hydrogen-bond acceptors (Lipinski definition) is 8. The monoisotopic (exact) mass is 495 g/mol. The fraction of sp³-hybridized carbons (Fsp3) is 0.250. The summed E-state index contributed by atoms with van der Waals surface area (Å²) in [5.74, 6) is 2.03. The molecule has 1 amide bonds. The van der Waals surface area contributed by atoms with E-state index in [0.717, 1.165) is 16.3 Å². The first-order chi connectivity index (χ1) is 16.4. The summed E-state index contributed by atoms with van der Waals surface area (Å²) >= 11 is 2.77. The van der Waals surface area contributed by atoms with Gasteiger partial charge in [-0.15, -0.1) is 21.5 Å². The number of rotatable bonds is 9. The van der Waals surface area contributed by atoms with Crippen molar-refractivity contribution in [2.45, 2.75) is 32.0 Å². The molecule has 0 aliphatic rings. The van der Waals surface area contributed by atoms with Crippen LogP contribution in [-0.4, -0.2) is 38.5 Å². The second-order valence-corrected chi connectivity index (χ2v) is 9.59. The van der Waals surface area contributed by atoms with Gasteiger partial charge in [-0.05, 0) is 45.0 Å². The lowest BCUT2D eigenvalue weighted by molar-refractivity contribution is -0.113. The van der Waals surface area contributed by atoms with Crippen LogP contribution in [0.15, 0.2) is 59.8 Å². The van der Waals surface area contributed by atoms with Gasteiger partial charge >= 0.3 is 0 Å². The number of nitrogens with one attached hydrogen (secondary N) is 1. The lowest BCUT2D eigenvalue weighted by Gasteiger charge is -2.17. The minimum atomic E-state index is -0.399. The van der Waals surface area contributed by atoms with Crippen LogP contribution >= 0.6 is 23.1 Å². The van der Waals surface area contributed by atoms with Gasteiger partial charge in [-0.3, -0.25) is 9.36 Å². The topological polar surface area (TPSA) is 91.2 Å². The molecule has 1 unspecified atom stereocenters. The molecule has 0 saturated carbocycles. The number of nitrogens with zero attached hydrogens (tertiary/aromatic N) is 4. The highest BCUT2D eigenvalue weighted by Crippen LogP contribution is 2.29. The lowest BCUT2D eigenvalue weighted by Crippen LogP contribution is -2.15. The minimum absolute atomic E-state index is 0.149. The van der Waals surface area contributed by atoms with Gasteiger partial charge in [0.1, 0.15) is 11.5 Å². The first-order valence-corrected chi connectivity index (χ1v) is 12.4. The SMILES string of the molecule is COc1cccc(OC(C)c2nnc(SCC(=O)Nc3nc(C)c(C)s3)n2-c2ccccc2)c1. The fourth-order valence-corrected chi connectivity index (χ4v) is 4.79. The highest BCUT2D eigenvalue weighted by molar-refractivity contribution is 7.99. The molecule has 176 valence electrons. The molecule has 1 atom stereocenters. The molecule has 10 heteroatoms. The number of thiazole rings is 1. The zero-order valence-electron chi connectivity index (χ0n) is 19.3. The van der Waals surface area contributed by atoms with Gasteiger partial charge in [0.15, 0.2) is 22.2 Å². The summed E-state index contributed by atoms with van der Waals surface area (Å²) in [5, 5.41) is 12.8. The second kappa shape index (κ2) is 10.7. The molecule has 0 bridgehead atoms. The first-order valence-electron chi connectivity index (χ1n) is 10.6. The zero-order valence-corrected chi connectivity index (χ0v) is 20.9. The van der Waals surface area contributed by atoms with Crippen LogP contribution < -0.4 is 14.8 Å². The number of benzene rings is 2. The molecule has 8 nitrogen and oxygen atoms in total. The van der Waals surface area contributed by atoms with Gasteiger partial charge < -0.3 is 14.8 Å². The Morgan fingerprint density at radius 2 is 1.88 bits per heavy atom. The highest BCUT2D eigenvalue weighted by Gasteiger charge is 2.22. The first kappa shape index (κ1) is 23.8. The Labute approximate surface area is 206 Å². The van der Waals surface area contributed by atoms with Crippen molar-refractivity contribution < 1.29 is 14.3 Å². The number of aryl methyl sites for hydroxylation is 2. The van der Waals surface area contributed by atoms with E-state index in [4.69, 9.17) is 9.47 Å². The number of anilines is 1. The molecule has 0 radical (unpaired) electrons. The van der Waals surface area contributed by atoms with Crippen LogP contribution in [0, 0.1) is 13.8 Å². The Balaban J connectivity index is 1.54. The summed E-state index contributed by atoms with van der Waals surface area (Å²) in [6, 6.07) is 17.2. The molecule has 2 aromatic carbocycles. The molecular formula is C24H25N5O3S2. The zero-order chi connectivity index (χ0) is 24.1. The molecule has 0 aliphatic carbocycles. The van der Waals surface area contributed by atoms with Crippen LogP contribution in [0.2, 0.25) is 0 Å². The number of aromatic nitrogens is 4. The standard InChI is InChI=1S/C24H25N5O3S2/c1-15-17(3)34-23(25-15)26-21(30)14-33-24-28-27-22(29(24)18-9-6-5-7-10-18)16(2)32-20-12-8-11-19(13-20)31-4/h5-13,16H,14H2,1-4H3,(H,25,26,30). The van der Waals surface area contributed by atoms with Crippen molar-refractivity contribution in [2.75, 3.05) is 18.2 Å². The Morgan fingerprint density at radius 1 is 1.12 bits per heavy atom. The molecule has 0 fully saturated rings. The summed E-state index contributed by atoms with van der Waals surface area (Å²) in [4.78, 5) is 18.0. The number of ether oxygens (including phenoxy) is 2. The summed E-state index contributed by atoms with van der Waals surface area (Å²) in [7, 11) is 1.62. The van der Waals surface area contributed by atoms with Crippen LogP contribution in [0.1, 0.15) is 29.4 Å². The van der Waals surface area contributed by atoms with E-state index in [1.807, 2.05) is 79.9 Å². The van der Waals surface area contributed by atoms with Crippen molar-refractivity contribution in [3.05, 3.63) is 71.0 Å². The van der Waals surface area contributed by atoms with E-state index in [2.05, 4.69) is 20.5 Å². The predicted molar refractivity (Wildman–Crippen MR) is 134 cm³/mol. The maximum absolute atomic E-state index is 12.5. The Hall–Kier alpha value is -3.37. The van der Waals surface area contributed by atoms with E-state index in [1.165, 1.54) is 23.1 Å². The fourth-order valence-electron chi connectivity index (χ4n) is 3.20. The summed E-state index contributed by atoms with van der Waals surface area (Å²) in [6.07, 6.45) is -0.399. The normalized spacial score (nSPS) is 11.8. The number of amides is 1. The molecule has 0 spiro atoms. The van der Waals surface area contributed by atoms with Crippen molar-refractivity contribution in [2.24, 2.45) is 0 Å². The van der Waals surface area contributed by atoms with Gasteiger partial charge in [0.25, 0.3) is 0 Å². The number of carbonyl (C=O) groups excluding carboxylic acids is 1. The third kappa shape index (κ3) is 5.57. The summed E-state index contributed by atoms with van der Waals surface area (Å²) in [5.41, 5.74) is 1.81. The van der Waals surface area contributed by atoms with E-state index < -0.39 is 6.10 Å². The highest BCUT2D eigenvalue weighted by atomic mass is 32.2. The number of thioether (sulfide) groups is 1. The van der Waals surface area contributed by atoms with Crippen LogP contribution in [0.4, 0.5) is 5.13 Å². The van der Waals surface area contributed by atoms with Crippen LogP contribution in [0.25, 0.3) is 5.69 Å². The van der Waals surface area contributed by atoms with E-state index in [-0.39, 0.29) is 11.7 Å². The molecule has 4 aromatic rings.